The van der Waals surface area contributed by atoms with Crippen molar-refractivity contribution < 1.29 is 36.4 Å². The van der Waals surface area contributed by atoms with Gasteiger partial charge in [-0.25, -0.2) is 0 Å². The van der Waals surface area contributed by atoms with Crippen molar-refractivity contribution in [2.24, 2.45) is 0 Å². The Morgan fingerprint density at radius 3 is 1.67 bits per heavy atom. The summed E-state index contributed by atoms with van der Waals surface area (Å²) in [5.74, 6) is 0. The van der Waals surface area contributed by atoms with E-state index in [2.05, 4.69) is 0 Å². The Labute approximate surface area is 164 Å². The summed E-state index contributed by atoms with van der Waals surface area (Å²) in [5.41, 5.74) is -0.731. The molecule has 2 N–H and O–H groups in total. The molecule has 3 nitrogen and oxygen atoms in total. The predicted molar refractivity (Wildman–Crippen MR) is 101 cm³/mol. The second kappa shape index (κ2) is 5.80. The quantitative estimate of drug-likeness (QED) is 0.308. The molecule has 0 amide bonds. The van der Waals surface area contributed by atoms with Gasteiger partial charge in [0.05, 0.1) is 27.7 Å². The van der Waals surface area contributed by atoms with Gasteiger partial charge in [-0.2, -0.15) is 26.3 Å². The number of halogens is 6. The van der Waals surface area contributed by atoms with Crippen molar-refractivity contribution in [3.63, 3.8) is 0 Å². The summed E-state index contributed by atoms with van der Waals surface area (Å²) in [4.78, 5) is 0. The van der Waals surface area contributed by atoms with Gasteiger partial charge < -0.3 is 14.4 Å². The molecule has 0 aliphatic carbocycles. The van der Waals surface area contributed by atoms with Crippen LogP contribution in [0.4, 0.5) is 26.3 Å². The van der Waals surface area contributed by atoms with E-state index in [0.717, 1.165) is 24.3 Å². The third kappa shape index (κ3) is 2.57. The van der Waals surface area contributed by atoms with Crippen molar-refractivity contribution >= 4 is 50.7 Å². The SMILES string of the molecule is OB(O)c1ccc2c(c1)c1cc(C(F)(F)F)cc3c4cc(C(F)(F)F)ccc4n2c13. The topological polar surface area (TPSA) is 44.9 Å². The Hall–Kier alpha value is -2.98. The van der Waals surface area contributed by atoms with Crippen LogP contribution in [0.3, 0.4) is 0 Å². The highest BCUT2D eigenvalue weighted by Gasteiger charge is 2.34. The molecule has 0 aliphatic heterocycles. The van der Waals surface area contributed by atoms with Crippen LogP contribution in [0.25, 0.3) is 38.1 Å². The number of nitrogens with zero attached hydrogens (tertiary/aromatic N) is 1. The molecule has 0 saturated carbocycles. The number of aromatic nitrogens is 1. The maximum atomic E-state index is 13.5. The molecule has 5 aromatic rings. The molecule has 2 heterocycles. The lowest BCUT2D eigenvalue weighted by Gasteiger charge is -2.09. The minimum atomic E-state index is -4.71. The van der Waals surface area contributed by atoms with Crippen LogP contribution in [0, 0.1) is 0 Å². The third-order valence-electron chi connectivity index (χ3n) is 5.37. The van der Waals surface area contributed by atoms with Crippen LogP contribution in [-0.2, 0) is 12.4 Å². The number of fused-ring (bicyclic) bond motifs is 6. The fraction of sp³-hybridized carbons (Fsp3) is 0.100. The van der Waals surface area contributed by atoms with Crippen molar-refractivity contribution in [3.8, 4) is 0 Å². The summed E-state index contributed by atoms with van der Waals surface area (Å²) in [6.45, 7) is 0. The van der Waals surface area contributed by atoms with Crippen LogP contribution in [0.15, 0.2) is 48.5 Å². The van der Waals surface area contributed by atoms with Crippen LogP contribution < -0.4 is 5.46 Å². The van der Waals surface area contributed by atoms with Crippen molar-refractivity contribution in [1.82, 2.24) is 4.40 Å². The van der Waals surface area contributed by atoms with Gasteiger partial charge in [-0.05, 0) is 41.9 Å². The molecule has 10 heteroatoms. The van der Waals surface area contributed by atoms with Crippen LogP contribution in [0.1, 0.15) is 11.1 Å². The fourth-order valence-electron chi connectivity index (χ4n) is 4.07. The standard InChI is InChI=1S/C20H10BF6NO2/c22-19(23,24)9-1-3-16-12(5-9)14-6-10(20(25,26)27)7-15-13-8-11(21(29)30)2-4-17(13)28(16)18(14)15/h1-8,29-30H. The number of alkyl halides is 6. The lowest BCUT2D eigenvalue weighted by molar-refractivity contribution is -0.138. The van der Waals surface area contributed by atoms with E-state index in [0.29, 0.717) is 21.9 Å². The first-order valence-corrected chi connectivity index (χ1v) is 8.74. The molecule has 30 heavy (non-hydrogen) atoms. The van der Waals surface area contributed by atoms with Gasteiger partial charge in [0, 0.05) is 21.5 Å². The maximum Gasteiger partial charge on any atom is 0.488 e. The Morgan fingerprint density at radius 1 is 0.633 bits per heavy atom. The monoisotopic (exact) mass is 421 g/mol. The Kier molecular flexibility index (Phi) is 3.67. The molecular formula is C20H10BF6NO2. The van der Waals surface area contributed by atoms with Crippen LogP contribution in [0.5, 0.6) is 0 Å². The van der Waals surface area contributed by atoms with Crippen molar-refractivity contribution in [1.29, 1.82) is 0 Å². The van der Waals surface area contributed by atoms with Crippen LogP contribution >= 0.6 is 0 Å². The zero-order valence-electron chi connectivity index (χ0n) is 14.8. The van der Waals surface area contributed by atoms with Crippen molar-refractivity contribution in [2.75, 3.05) is 0 Å². The molecule has 5 rings (SSSR count). The second-order valence-corrected chi connectivity index (χ2v) is 7.13. The Balaban J connectivity index is 2.02. The minimum Gasteiger partial charge on any atom is -0.423 e. The second-order valence-electron chi connectivity index (χ2n) is 7.13. The number of hydrogen-bond donors (Lipinski definition) is 2. The summed E-state index contributed by atoms with van der Waals surface area (Å²) in [7, 11) is -1.82. The van der Waals surface area contributed by atoms with E-state index >= 15 is 0 Å². The predicted octanol–water partition coefficient (Wildman–Crippen LogP) is 4.55. The molecule has 0 atom stereocenters. The van der Waals surface area contributed by atoms with E-state index < -0.39 is 30.6 Å². The largest absolute Gasteiger partial charge is 0.488 e. The van der Waals surface area contributed by atoms with Gasteiger partial charge in [-0.1, -0.05) is 12.1 Å². The van der Waals surface area contributed by atoms with E-state index in [1.54, 1.807) is 4.40 Å². The van der Waals surface area contributed by atoms with Crippen molar-refractivity contribution in [3.05, 3.63) is 59.7 Å². The average Bonchev–Trinajstić information content (AvgIpc) is 3.16. The third-order valence-corrected chi connectivity index (χ3v) is 5.37. The van der Waals surface area contributed by atoms with Gasteiger partial charge in [-0.15, -0.1) is 0 Å². The summed E-state index contributed by atoms with van der Waals surface area (Å²) in [6.07, 6.45) is -9.35. The highest BCUT2D eigenvalue weighted by molar-refractivity contribution is 6.59. The Bertz CT molecular complexity index is 1450. The summed E-state index contributed by atoms with van der Waals surface area (Å²) in [6, 6.07) is 9.05. The zero-order chi connectivity index (χ0) is 21.6. The van der Waals surface area contributed by atoms with Gasteiger partial charge in [0.25, 0.3) is 0 Å². The molecule has 0 aliphatic rings. The molecule has 2 aromatic heterocycles. The Morgan fingerprint density at radius 2 is 1.13 bits per heavy atom. The summed E-state index contributed by atoms with van der Waals surface area (Å²) >= 11 is 0. The van der Waals surface area contributed by atoms with Gasteiger partial charge in [0.1, 0.15) is 0 Å². The molecule has 0 saturated heterocycles. The van der Waals surface area contributed by atoms with Crippen LogP contribution in [0.2, 0.25) is 0 Å². The fourth-order valence-corrected chi connectivity index (χ4v) is 4.07. The van der Waals surface area contributed by atoms with Gasteiger partial charge in [0.15, 0.2) is 0 Å². The number of rotatable bonds is 1. The highest BCUT2D eigenvalue weighted by Crippen LogP contribution is 2.43. The average molecular weight is 421 g/mol. The van der Waals surface area contributed by atoms with E-state index in [1.165, 1.54) is 24.3 Å². The summed E-state index contributed by atoms with van der Waals surface area (Å²) in [5, 5.41) is 19.5. The van der Waals surface area contributed by atoms with Crippen molar-refractivity contribution in [2.45, 2.75) is 12.4 Å². The summed E-state index contributed by atoms with van der Waals surface area (Å²) < 4.78 is 81.9. The molecular weight excluding hydrogens is 411 g/mol. The molecule has 152 valence electrons. The highest BCUT2D eigenvalue weighted by atomic mass is 19.4. The molecule has 0 bridgehead atoms. The lowest BCUT2D eigenvalue weighted by Crippen LogP contribution is -2.29. The van der Waals surface area contributed by atoms with E-state index in [9.17, 15) is 36.4 Å². The first-order valence-electron chi connectivity index (χ1n) is 8.74. The molecule has 0 spiro atoms. The van der Waals surface area contributed by atoms with E-state index in [-0.39, 0.29) is 21.6 Å². The number of hydrogen-bond acceptors (Lipinski definition) is 2. The molecule has 3 aromatic carbocycles. The first-order chi connectivity index (χ1) is 14.0. The van der Waals surface area contributed by atoms with E-state index in [1.807, 2.05) is 0 Å². The van der Waals surface area contributed by atoms with Gasteiger partial charge in [-0.3, -0.25) is 0 Å². The van der Waals surface area contributed by atoms with Crippen LogP contribution in [-0.4, -0.2) is 21.6 Å². The minimum absolute atomic E-state index is 0.0446. The number of benzene rings is 3. The van der Waals surface area contributed by atoms with E-state index in [4.69, 9.17) is 0 Å². The molecule has 0 unspecified atom stereocenters. The normalized spacial score (nSPS) is 13.3. The molecule has 0 fully saturated rings. The lowest BCUT2D eigenvalue weighted by atomic mass is 9.80. The molecule has 0 radical (unpaired) electrons. The van der Waals surface area contributed by atoms with Gasteiger partial charge >= 0.3 is 19.5 Å². The first kappa shape index (κ1) is 19.0. The van der Waals surface area contributed by atoms with Gasteiger partial charge in [0.2, 0.25) is 0 Å². The zero-order valence-corrected chi connectivity index (χ0v) is 14.8. The smallest absolute Gasteiger partial charge is 0.423 e. The maximum absolute atomic E-state index is 13.5.